The quantitative estimate of drug-likeness (QED) is 0.612. The molecule has 1 atom stereocenters. The van der Waals surface area contributed by atoms with Crippen molar-refractivity contribution in [2.24, 2.45) is 11.8 Å². The highest BCUT2D eigenvalue weighted by molar-refractivity contribution is 5.78. The molecule has 0 heterocycles. The van der Waals surface area contributed by atoms with Crippen molar-refractivity contribution in [2.45, 2.75) is 47.0 Å². The molecular formula is C12H22O3. The first-order chi connectivity index (χ1) is 6.95. The largest absolute Gasteiger partial charge is 0.466 e. The molecule has 3 heteroatoms. The van der Waals surface area contributed by atoms with E-state index in [0.717, 1.165) is 6.42 Å². The molecule has 0 spiro atoms. The van der Waals surface area contributed by atoms with Crippen molar-refractivity contribution < 1.29 is 14.3 Å². The van der Waals surface area contributed by atoms with Gasteiger partial charge >= 0.3 is 5.97 Å². The molecule has 15 heavy (non-hydrogen) atoms. The topological polar surface area (TPSA) is 43.4 Å². The average Bonchev–Trinajstić information content (AvgIpc) is 2.10. The molecule has 0 aromatic carbocycles. The first kappa shape index (κ1) is 14.1. The maximum atomic E-state index is 11.5. The van der Waals surface area contributed by atoms with E-state index < -0.39 is 0 Å². The number of rotatable bonds is 7. The third-order valence-corrected chi connectivity index (χ3v) is 2.25. The molecule has 0 rings (SSSR count). The fraction of sp³-hybridized carbons (Fsp3) is 0.833. The summed E-state index contributed by atoms with van der Waals surface area (Å²) in [5.41, 5.74) is 0. The van der Waals surface area contributed by atoms with E-state index >= 15 is 0 Å². The van der Waals surface area contributed by atoms with Gasteiger partial charge in [0.25, 0.3) is 0 Å². The minimum absolute atomic E-state index is 0.181. The normalized spacial score (nSPS) is 12.6. The van der Waals surface area contributed by atoms with Crippen LogP contribution < -0.4 is 0 Å². The van der Waals surface area contributed by atoms with Gasteiger partial charge < -0.3 is 4.74 Å². The van der Waals surface area contributed by atoms with Crippen LogP contribution in [0, 0.1) is 11.8 Å². The van der Waals surface area contributed by atoms with Crippen LogP contribution in [0.5, 0.6) is 0 Å². The van der Waals surface area contributed by atoms with Gasteiger partial charge in [0, 0.05) is 19.8 Å². The Kier molecular flexibility index (Phi) is 7.01. The Labute approximate surface area is 92.2 Å². The van der Waals surface area contributed by atoms with Gasteiger partial charge in [-0.3, -0.25) is 9.59 Å². The van der Waals surface area contributed by atoms with Gasteiger partial charge in [0.05, 0.1) is 6.61 Å². The van der Waals surface area contributed by atoms with Crippen LogP contribution >= 0.6 is 0 Å². The summed E-state index contributed by atoms with van der Waals surface area (Å²) in [7, 11) is 0. The minimum atomic E-state index is -0.273. The molecule has 0 aliphatic rings. The van der Waals surface area contributed by atoms with Gasteiger partial charge in [0.2, 0.25) is 0 Å². The number of hydrogen-bond acceptors (Lipinski definition) is 3. The fourth-order valence-corrected chi connectivity index (χ4v) is 1.42. The van der Waals surface area contributed by atoms with E-state index in [9.17, 15) is 9.59 Å². The molecule has 0 bridgehead atoms. The number of ketones is 1. The van der Waals surface area contributed by atoms with Crippen molar-refractivity contribution in [3.63, 3.8) is 0 Å². The molecule has 0 radical (unpaired) electrons. The minimum Gasteiger partial charge on any atom is -0.466 e. The smallest absolute Gasteiger partial charge is 0.302 e. The van der Waals surface area contributed by atoms with Crippen molar-refractivity contribution in [1.82, 2.24) is 0 Å². The third-order valence-electron chi connectivity index (χ3n) is 2.25. The van der Waals surface area contributed by atoms with E-state index in [1.165, 1.54) is 6.92 Å². The van der Waals surface area contributed by atoms with Crippen LogP contribution in [0.4, 0.5) is 0 Å². The SMILES string of the molecule is CCC(COC(C)=O)CC(=O)CC(C)C. The predicted octanol–water partition coefficient (Wildman–Crippen LogP) is 2.58. The van der Waals surface area contributed by atoms with E-state index in [0.29, 0.717) is 25.4 Å². The van der Waals surface area contributed by atoms with Gasteiger partial charge in [-0.1, -0.05) is 20.8 Å². The molecule has 0 N–H and O–H groups in total. The predicted molar refractivity (Wildman–Crippen MR) is 59.5 cm³/mol. The zero-order valence-corrected chi connectivity index (χ0v) is 10.2. The van der Waals surface area contributed by atoms with Crippen LogP contribution in [-0.2, 0) is 14.3 Å². The summed E-state index contributed by atoms with van der Waals surface area (Å²) >= 11 is 0. The van der Waals surface area contributed by atoms with Crippen molar-refractivity contribution in [3.8, 4) is 0 Å². The Balaban J connectivity index is 3.87. The van der Waals surface area contributed by atoms with E-state index in [-0.39, 0.29) is 17.7 Å². The van der Waals surface area contributed by atoms with Crippen LogP contribution in [0.2, 0.25) is 0 Å². The maximum absolute atomic E-state index is 11.5. The fourth-order valence-electron chi connectivity index (χ4n) is 1.42. The maximum Gasteiger partial charge on any atom is 0.302 e. The van der Waals surface area contributed by atoms with Crippen LogP contribution in [0.1, 0.15) is 47.0 Å². The van der Waals surface area contributed by atoms with Crippen LogP contribution in [-0.4, -0.2) is 18.4 Å². The molecule has 0 aromatic heterocycles. The second-order valence-corrected chi connectivity index (χ2v) is 4.42. The van der Waals surface area contributed by atoms with Crippen molar-refractivity contribution in [1.29, 1.82) is 0 Å². The number of ether oxygens (including phenoxy) is 1. The molecule has 1 unspecified atom stereocenters. The summed E-state index contributed by atoms with van der Waals surface area (Å²) in [4.78, 5) is 22.1. The molecule has 0 saturated heterocycles. The summed E-state index contributed by atoms with van der Waals surface area (Å²) in [5, 5.41) is 0. The van der Waals surface area contributed by atoms with Crippen LogP contribution in [0.3, 0.4) is 0 Å². The van der Waals surface area contributed by atoms with Gasteiger partial charge in [-0.25, -0.2) is 0 Å². The summed E-state index contributed by atoms with van der Waals surface area (Å²) in [6.07, 6.45) is 2.02. The lowest BCUT2D eigenvalue weighted by atomic mass is 9.96. The molecule has 3 nitrogen and oxygen atoms in total. The second-order valence-electron chi connectivity index (χ2n) is 4.42. The monoisotopic (exact) mass is 214 g/mol. The molecule has 88 valence electrons. The zero-order chi connectivity index (χ0) is 11.8. The summed E-state index contributed by atoms with van der Waals surface area (Å²) in [6, 6.07) is 0. The van der Waals surface area contributed by atoms with Gasteiger partial charge in [0.15, 0.2) is 0 Å². The Morgan fingerprint density at radius 2 is 1.80 bits per heavy atom. The first-order valence-electron chi connectivity index (χ1n) is 5.60. The Hall–Kier alpha value is -0.860. The Morgan fingerprint density at radius 1 is 1.20 bits per heavy atom. The van der Waals surface area contributed by atoms with Gasteiger partial charge in [-0.05, 0) is 18.3 Å². The van der Waals surface area contributed by atoms with Gasteiger partial charge in [-0.2, -0.15) is 0 Å². The number of carbonyl (C=O) groups excluding carboxylic acids is 2. The van der Waals surface area contributed by atoms with Crippen molar-refractivity contribution in [2.75, 3.05) is 6.61 Å². The lowest BCUT2D eigenvalue weighted by Gasteiger charge is -2.14. The third kappa shape index (κ3) is 8.16. The number of esters is 1. The van der Waals surface area contributed by atoms with E-state index in [1.54, 1.807) is 0 Å². The lowest BCUT2D eigenvalue weighted by molar-refractivity contribution is -0.143. The molecule has 0 saturated carbocycles. The molecule has 0 aliphatic heterocycles. The van der Waals surface area contributed by atoms with Crippen molar-refractivity contribution >= 4 is 11.8 Å². The van der Waals surface area contributed by atoms with Crippen molar-refractivity contribution in [3.05, 3.63) is 0 Å². The number of Topliss-reactive ketones (excluding diaryl/α,β-unsaturated/α-hetero) is 1. The lowest BCUT2D eigenvalue weighted by Crippen LogP contribution is -2.16. The molecular weight excluding hydrogens is 192 g/mol. The highest BCUT2D eigenvalue weighted by Crippen LogP contribution is 2.13. The van der Waals surface area contributed by atoms with Gasteiger partial charge in [-0.15, -0.1) is 0 Å². The number of carbonyl (C=O) groups is 2. The Morgan fingerprint density at radius 3 is 2.20 bits per heavy atom. The van der Waals surface area contributed by atoms with E-state index in [2.05, 4.69) is 0 Å². The van der Waals surface area contributed by atoms with Gasteiger partial charge in [0.1, 0.15) is 5.78 Å². The van der Waals surface area contributed by atoms with Crippen LogP contribution in [0.15, 0.2) is 0 Å². The summed E-state index contributed by atoms with van der Waals surface area (Å²) < 4.78 is 4.91. The number of hydrogen-bond donors (Lipinski definition) is 0. The summed E-state index contributed by atoms with van der Waals surface area (Å²) in [6.45, 7) is 7.84. The van der Waals surface area contributed by atoms with E-state index in [4.69, 9.17) is 4.74 Å². The standard InChI is InChI=1S/C12H22O3/c1-5-11(8-15-10(4)13)7-12(14)6-9(2)3/h9,11H,5-8H2,1-4H3. The molecule has 0 aliphatic carbocycles. The molecule has 0 amide bonds. The second kappa shape index (κ2) is 7.43. The molecule has 0 fully saturated rings. The van der Waals surface area contributed by atoms with E-state index in [1.807, 2.05) is 20.8 Å². The highest BCUT2D eigenvalue weighted by atomic mass is 16.5. The first-order valence-corrected chi connectivity index (χ1v) is 5.60. The summed E-state index contributed by atoms with van der Waals surface area (Å²) in [5.74, 6) is 0.581. The average molecular weight is 214 g/mol. The molecule has 0 aromatic rings. The Bertz CT molecular complexity index is 209. The highest BCUT2D eigenvalue weighted by Gasteiger charge is 2.14. The van der Waals surface area contributed by atoms with Crippen LogP contribution in [0.25, 0.3) is 0 Å². The zero-order valence-electron chi connectivity index (χ0n) is 10.2.